The average Bonchev–Trinajstić information content (AvgIpc) is 3.37. The van der Waals surface area contributed by atoms with Crippen LogP contribution >= 0.6 is 0 Å². The summed E-state index contributed by atoms with van der Waals surface area (Å²) < 4.78 is 20.0. The average molecular weight is 410 g/mol. The number of benzene rings is 1. The summed E-state index contributed by atoms with van der Waals surface area (Å²) in [6, 6.07) is 12.3. The Labute approximate surface area is 174 Å². The minimum Gasteiger partial charge on any atom is -0.394 e. The van der Waals surface area contributed by atoms with Crippen molar-refractivity contribution in [2.24, 2.45) is 0 Å². The Morgan fingerprint density at radius 1 is 1.17 bits per heavy atom. The van der Waals surface area contributed by atoms with Crippen LogP contribution in [0.3, 0.4) is 0 Å². The first-order chi connectivity index (χ1) is 14.4. The number of nitrogens with one attached hydrogen (secondary N) is 1. The molecule has 5 rings (SSSR count). The Hall–Kier alpha value is -2.52. The van der Waals surface area contributed by atoms with Crippen LogP contribution in [0.5, 0.6) is 0 Å². The van der Waals surface area contributed by atoms with E-state index in [2.05, 4.69) is 40.5 Å². The van der Waals surface area contributed by atoms with Gasteiger partial charge in [-0.2, -0.15) is 5.10 Å². The van der Waals surface area contributed by atoms with E-state index >= 15 is 0 Å². The van der Waals surface area contributed by atoms with Gasteiger partial charge in [0.1, 0.15) is 36.3 Å². The van der Waals surface area contributed by atoms with Gasteiger partial charge in [-0.3, -0.25) is 0 Å². The second-order valence-corrected chi connectivity index (χ2v) is 8.35. The Morgan fingerprint density at radius 2 is 2.00 bits per heavy atom. The van der Waals surface area contributed by atoms with E-state index in [4.69, 9.17) is 14.2 Å². The number of hydrogen-bond acceptors (Lipinski definition) is 7. The summed E-state index contributed by atoms with van der Waals surface area (Å²) >= 11 is 0. The van der Waals surface area contributed by atoms with Crippen LogP contribution in [0.4, 0.5) is 5.82 Å². The summed E-state index contributed by atoms with van der Waals surface area (Å²) in [6.45, 7) is 6.37. The molecule has 2 N–H and O–H groups in total. The van der Waals surface area contributed by atoms with Crippen molar-refractivity contribution in [2.45, 2.75) is 57.5 Å². The molecule has 2 aromatic heterocycles. The van der Waals surface area contributed by atoms with Gasteiger partial charge < -0.3 is 24.6 Å². The minimum absolute atomic E-state index is 0.126. The van der Waals surface area contributed by atoms with Crippen molar-refractivity contribution in [2.75, 3.05) is 11.9 Å². The van der Waals surface area contributed by atoms with Gasteiger partial charge in [0.2, 0.25) is 0 Å². The highest BCUT2D eigenvalue weighted by Gasteiger charge is 2.56. The molecule has 4 atom stereocenters. The number of aryl methyl sites for hydroxylation is 1. The highest BCUT2D eigenvalue weighted by molar-refractivity contribution is 5.68. The van der Waals surface area contributed by atoms with E-state index in [1.807, 2.05) is 36.6 Å². The Morgan fingerprint density at radius 3 is 2.80 bits per heavy atom. The molecule has 0 amide bonds. The molecule has 1 aromatic carbocycles. The zero-order chi connectivity index (χ0) is 20.9. The molecule has 0 bridgehead atoms. The van der Waals surface area contributed by atoms with E-state index in [1.54, 1.807) is 0 Å². The first kappa shape index (κ1) is 19.4. The molecule has 4 unspecified atom stereocenters. The van der Waals surface area contributed by atoms with Gasteiger partial charge in [-0.05, 0) is 38.5 Å². The molecular weight excluding hydrogens is 384 g/mol. The Balaban J connectivity index is 1.43. The topological polar surface area (TPSA) is 90.1 Å². The molecule has 30 heavy (non-hydrogen) atoms. The molecule has 2 aliphatic rings. The lowest BCUT2D eigenvalue weighted by Gasteiger charge is -2.23. The van der Waals surface area contributed by atoms with E-state index in [-0.39, 0.29) is 18.8 Å². The number of aliphatic hydroxyl groups excluding tert-OH is 1. The van der Waals surface area contributed by atoms with E-state index < -0.39 is 18.0 Å². The predicted molar refractivity (Wildman–Crippen MR) is 110 cm³/mol. The molecule has 4 heterocycles. The maximum Gasteiger partial charge on any atom is 0.164 e. The Bertz CT molecular complexity index is 1070. The van der Waals surface area contributed by atoms with Crippen molar-refractivity contribution in [3.8, 4) is 0 Å². The van der Waals surface area contributed by atoms with E-state index in [1.165, 1.54) is 17.5 Å². The van der Waals surface area contributed by atoms with Crippen molar-refractivity contribution in [1.29, 1.82) is 0 Å². The van der Waals surface area contributed by atoms with Gasteiger partial charge >= 0.3 is 0 Å². The normalized spacial score (nSPS) is 27.5. The number of hydrogen-bond donors (Lipinski definition) is 2. The summed E-state index contributed by atoms with van der Waals surface area (Å²) in [5.74, 6) is 0.0304. The lowest BCUT2D eigenvalue weighted by molar-refractivity contribution is -0.191. The predicted octanol–water partition coefficient (Wildman–Crippen LogP) is 2.60. The first-order valence-corrected chi connectivity index (χ1v) is 10.2. The molecule has 2 aliphatic heterocycles. The quantitative estimate of drug-likeness (QED) is 0.668. The number of aliphatic hydroxyl groups is 1. The van der Waals surface area contributed by atoms with Gasteiger partial charge in [0, 0.05) is 6.54 Å². The van der Waals surface area contributed by atoms with Crippen LogP contribution in [0.1, 0.15) is 36.8 Å². The molecule has 0 saturated carbocycles. The fourth-order valence-corrected chi connectivity index (χ4v) is 4.38. The number of ether oxygens (including phenoxy) is 3. The fraction of sp³-hybridized carbons (Fsp3) is 0.455. The number of anilines is 1. The summed E-state index contributed by atoms with van der Waals surface area (Å²) in [5, 5.41) is 17.6. The number of aromatic nitrogens is 3. The number of fused-ring (bicyclic) bond motifs is 2. The molecule has 2 saturated heterocycles. The van der Waals surface area contributed by atoms with Gasteiger partial charge in [0.25, 0.3) is 0 Å². The molecule has 8 nitrogen and oxygen atoms in total. The van der Waals surface area contributed by atoms with Gasteiger partial charge in [-0.25, -0.2) is 9.50 Å². The molecule has 3 aromatic rings. The minimum atomic E-state index is -0.715. The van der Waals surface area contributed by atoms with Crippen LogP contribution in [0, 0.1) is 6.92 Å². The first-order valence-electron chi connectivity index (χ1n) is 10.2. The smallest absolute Gasteiger partial charge is 0.164 e. The third-order valence-electron chi connectivity index (χ3n) is 5.64. The van der Waals surface area contributed by atoms with Crippen LogP contribution in [0.25, 0.3) is 5.52 Å². The van der Waals surface area contributed by atoms with Gasteiger partial charge in [0.15, 0.2) is 11.6 Å². The number of nitrogens with zero attached hydrogens (tertiary/aromatic N) is 3. The molecule has 0 spiro atoms. The fourth-order valence-electron chi connectivity index (χ4n) is 4.38. The molecule has 158 valence electrons. The van der Waals surface area contributed by atoms with Crippen LogP contribution in [-0.2, 0) is 20.8 Å². The molecule has 0 aliphatic carbocycles. The second-order valence-electron chi connectivity index (χ2n) is 8.35. The summed E-state index contributed by atoms with van der Waals surface area (Å²) in [4.78, 5) is 4.43. The van der Waals surface area contributed by atoms with Crippen molar-refractivity contribution in [3.05, 3.63) is 59.5 Å². The van der Waals surface area contributed by atoms with Gasteiger partial charge in [0.05, 0.1) is 12.3 Å². The summed E-state index contributed by atoms with van der Waals surface area (Å²) in [7, 11) is 0. The summed E-state index contributed by atoms with van der Waals surface area (Å²) in [5.41, 5.74) is 4.11. The number of rotatable bonds is 5. The van der Waals surface area contributed by atoms with Crippen molar-refractivity contribution < 1.29 is 19.3 Å². The maximum atomic E-state index is 9.75. The van der Waals surface area contributed by atoms with E-state index in [9.17, 15) is 5.11 Å². The highest BCUT2D eigenvalue weighted by atomic mass is 16.8. The molecule has 0 radical (unpaired) electrons. The van der Waals surface area contributed by atoms with E-state index in [0.717, 1.165) is 17.0 Å². The lowest BCUT2D eigenvalue weighted by Crippen LogP contribution is -2.31. The molecule has 8 heteroatoms. The monoisotopic (exact) mass is 410 g/mol. The van der Waals surface area contributed by atoms with Crippen molar-refractivity contribution in [3.63, 3.8) is 0 Å². The summed E-state index contributed by atoms with van der Waals surface area (Å²) in [6.07, 6.45) is 0.0697. The largest absolute Gasteiger partial charge is 0.394 e. The van der Waals surface area contributed by atoms with Crippen LogP contribution in [0.15, 0.2) is 42.7 Å². The third kappa shape index (κ3) is 3.35. The third-order valence-corrected chi connectivity index (χ3v) is 5.64. The standard InChI is InChI=1S/C22H26N4O4/c1-13-5-4-6-14(9-13)10-23-21-16-8-7-15(26(16)25-12-24-21)18-20-19(17(11-27)28-18)29-22(2,3)30-20/h4-9,12,17-20,27H,10-11H2,1-3H3,(H,23,24,25). The van der Waals surface area contributed by atoms with Gasteiger partial charge in [-0.1, -0.05) is 29.8 Å². The maximum absolute atomic E-state index is 9.75. The second kappa shape index (κ2) is 7.31. The zero-order valence-electron chi connectivity index (χ0n) is 17.3. The molecule has 2 fully saturated rings. The van der Waals surface area contributed by atoms with Crippen LogP contribution in [0.2, 0.25) is 0 Å². The lowest BCUT2D eigenvalue weighted by atomic mass is 10.1. The molecular formula is C22H26N4O4. The van der Waals surface area contributed by atoms with Crippen molar-refractivity contribution >= 4 is 11.3 Å². The van der Waals surface area contributed by atoms with Crippen molar-refractivity contribution in [1.82, 2.24) is 14.6 Å². The Kier molecular flexibility index (Phi) is 4.74. The van der Waals surface area contributed by atoms with E-state index in [0.29, 0.717) is 6.54 Å². The van der Waals surface area contributed by atoms with Crippen LogP contribution in [-0.4, -0.2) is 50.4 Å². The highest BCUT2D eigenvalue weighted by Crippen LogP contribution is 2.45. The van der Waals surface area contributed by atoms with Crippen LogP contribution < -0.4 is 5.32 Å². The van der Waals surface area contributed by atoms with Gasteiger partial charge in [-0.15, -0.1) is 0 Å². The SMILES string of the molecule is Cc1cccc(CNc2ncnn3c(C4OC(CO)C5OC(C)(C)OC45)ccc23)c1. The zero-order valence-corrected chi connectivity index (χ0v) is 17.3.